The first kappa shape index (κ1) is 14.8. The van der Waals surface area contributed by atoms with Gasteiger partial charge in [0, 0.05) is 0 Å². The molecule has 0 saturated carbocycles. The highest BCUT2D eigenvalue weighted by Crippen LogP contribution is 2.32. The lowest BCUT2D eigenvalue weighted by molar-refractivity contribution is 0.594. The van der Waals surface area contributed by atoms with Crippen molar-refractivity contribution in [2.75, 3.05) is 4.72 Å². The van der Waals surface area contributed by atoms with E-state index in [-0.39, 0.29) is 0 Å². The third-order valence-electron chi connectivity index (χ3n) is 3.28. The molecule has 3 rings (SSSR count). The largest absolute Gasteiger partial charge is 0.274 e. The van der Waals surface area contributed by atoms with Crippen LogP contribution in [0.5, 0.6) is 0 Å². The molecule has 0 radical (unpaired) electrons. The fourth-order valence-electron chi connectivity index (χ4n) is 2.34. The molecular formula is C17H15NO2S2. The lowest BCUT2D eigenvalue weighted by atomic mass is 10.0. The van der Waals surface area contributed by atoms with E-state index in [0.717, 1.165) is 11.1 Å². The van der Waals surface area contributed by atoms with Crippen molar-refractivity contribution in [3.8, 4) is 0 Å². The summed E-state index contributed by atoms with van der Waals surface area (Å²) in [5.74, 6) is 0. The summed E-state index contributed by atoms with van der Waals surface area (Å²) in [6.07, 6.45) is 0. The fraction of sp³-hybridized carbons (Fsp3) is 0.0588. The molecule has 0 atom stereocenters. The zero-order chi connectivity index (χ0) is 15.4. The maximum absolute atomic E-state index is 12.9. The van der Waals surface area contributed by atoms with E-state index in [2.05, 4.69) is 4.72 Å². The van der Waals surface area contributed by atoms with Crippen LogP contribution in [0.2, 0.25) is 0 Å². The standard InChI is InChI=1S/C17H15NO2S2/c19-22(20,18-16-12-7-13-21-16)17(14-8-3-1-4-9-14)15-10-5-2-6-11-15/h1-13,17-18H. The smallest absolute Gasteiger partial charge is 0.244 e. The van der Waals surface area contributed by atoms with Crippen LogP contribution in [0.15, 0.2) is 78.2 Å². The van der Waals surface area contributed by atoms with Crippen LogP contribution in [0.3, 0.4) is 0 Å². The third kappa shape index (κ3) is 3.21. The van der Waals surface area contributed by atoms with Gasteiger partial charge in [0.1, 0.15) is 10.3 Å². The molecule has 0 aliphatic heterocycles. The quantitative estimate of drug-likeness (QED) is 0.759. The summed E-state index contributed by atoms with van der Waals surface area (Å²) in [6, 6.07) is 22.1. The van der Waals surface area contributed by atoms with Gasteiger partial charge in [-0.15, -0.1) is 11.3 Å². The van der Waals surface area contributed by atoms with Gasteiger partial charge in [-0.05, 0) is 28.6 Å². The summed E-state index contributed by atoms with van der Waals surface area (Å²) < 4.78 is 28.5. The number of thiophene rings is 1. The second-order valence-electron chi connectivity index (χ2n) is 4.83. The Morgan fingerprint density at radius 2 is 1.32 bits per heavy atom. The summed E-state index contributed by atoms with van der Waals surface area (Å²) in [5, 5.41) is 1.73. The Hall–Kier alpha value is -2.11. The van der Waals surface area contributed by atoms with Gasteiger partial charge < -0.3 is 0 Å². The number of sulfonamides is 1. The molecule has 0 unspecified atom stereocenters. The van der Waals surface area contributed by atoms with Crippen LogP contribution in [-0.2, 0) is 10.0 Å². The van der Waals surface area contributed by atoms with Crippen molar-refractivity contribution in [2.24, 2.45) is 0 Å². The second kappa shape index (κ2) is 6.34. The van der Waals surface area contributed by atoms with Crippen LogP contribution in [0.4, 0.5) is 5.00 Å². The first-order chi connectivity index (χ1) is 10.7. The van der Waals surface area contributed by atoms with Crippen LogP contribution in [0.25, 0.3) is 0 Å². The van der Waals surface area contributed by atoms with Crippen molar-refractivity contribution >= 4 is 26.4 Å². The van der Waals surface area contributed by atoms with Crippen LogP contribution >= 0.6 is 11.3 Å². The van der Waals surface area contributed by atoms with Crippen molar-refractivity contribution in [3.63, 3.8) is 0 Å². The number of anilines is 1. The average molecular weight is 329 g/mol. The van der Waals surface area contributed by atoms with Crippen molar-refractivity contribution in [2.45, 2.75) is 5.25 Å². The highest BCUT2D eigenvalue weighted by atomic mass is 32.2. The van der Waals surface area contributed by atoms with Gasteiger partial charge in [-0.1, -0.05) is 60.7 Å². The van der Waals surface area contributed by atoms with Gasteiger partial charge in [-0.2, -0.15) is 0 Å². The molecular weight excluding hydrogens is 314 g/mol. The minimum absolute atomic E-state index is 0.622. The Kier molecular flexibility index (Phi) is 4.27. The van der Waals surface area contributed by atoms with Crippen LogP contribution in [0.1, 0.15) is 16.4 Å². The Morgan fingerprint density at radius 1 is 0.773 bits per heavy atom. The molecule has 0 bridgehead atoms. The molecule has 112 valence electrons. The SMILES string of the molecule is O=S(=O)(Nc1cccs1)C(c1ccccc1)c1ccccc1. The van der Waals surface area contributed by atoms with E-state index in [4.69, 9.17) is 0 Å². The predicted molar refractivity (Wildman–Crippen MR) is 91.6 cm³/mol. The Bertz CT molecular complexity index is 774. The molecule has 3 nitrogen and oxygen atoms in total. The second-order valence-corrected chi connectivity index (χ2v) is 7.54. The lowest BCUT2D eigenvalue weighted by Crippen LogP contribution is -2.22. The number of nitrogens with one attached hydrogen (secondary N) is 1. The summed E-state index contributed by atoms with van der Waals surface area (Å²) >= 11 is 1.37. The minimum atomic E-state index is -3.59. The molecule has 1 heterocycles. The molecule has 3 aromatic rings. The maximum Gasteiger partial charge on any atom is 0.244 e. The van der Waals surface area contributed by atoms with E-state index in [0.29, 0.717) is 5.00 Å². The van der Waals surface area contributed by atoms with Crippen molar-refractivity contribution in [3.05, 3.63) is 89.3 Å². The third-order valence-corrected chi connectivity index (χ3v) is 5.86. The minimum Gasteiger partial charge on any atom is -0.274 e. The normalized spacial score (nSPS) is 11.5. The van der Waals surface area contributed by atoms with Crippen LogP contribution in [0, 0.1) is 0 Å². The molecule has 5 heteroatoms. The summed E-state index contributed by atoms with van der Waals surface area (Å²) in [6.45, 7) is 0. The van der Waals surface area contributed by atoms with E-state index in [1.807, 2.05) is 72.1 Å². The molecule has 0 spiro atoms. The van der Waals surface area contributed by atoms with Crippen LogP contribution in [-0.4, -0.2) is 8.42 Å². The maximum atomic E-state index is 12.9. The van der Waals surface area contributed by atoms with Crippen molar-refractivity contribution < 1.29 is 8.42 Å². The van der Waals surface area contributed by atoms with E-state index < -0.39 is 15.3 Å². The average Bonchev–Trinajstić information content (AvgIpc) is 3.01. The Balaban J connectivity index is 2.06. The number of hydrogen-bond acceptors (Lipinski definition) is 3. The molecule has 2 aromatic carbocycles. The van der Waals surface area contributed by atoms with Gasteiger partial charge in [-0.25, -0.2) is 8.42 Å². The van der Waals surface area contributed by atoms with Crippen molar-refractivity contribution in [1.29, 1.82) is 0 Å². The zero-order valence-electron chi connectivity index (χ0n) is 11.7. The molecule has 0 fully saturated rings. The lowest BCUT2D eigenvalue weighted by Gasteiger charge is -2.19. The van der Waals surface area contributed by atoms with Gasteiger partial charge in [-0.3, -0.25) is 4.72 Å². The highest BCUT2D eigenvalue weighted by molar-refractivity contribution is 7.93. The van der Waals surface area contributed by atoms with Gasteiger partial charge in [0.05, 0.1) is 0 Å². The summed E-state index contributed by atoms with van der Waals surface area (Å²) in [7, 11) is -3.59. The molecule has 0 aliphatic rings. The number of rotatable bonds is 5. The van der Waals surface area contributed by atoms with Gasteiger partial charge in [0.25, 0.3) is 0 Å². The van der Waals surface area contributed by atoms with Gasteiger partial charge in [0.15, 0.2) is 0 Å². The molecule has 1 N–H and O–H groups in total. The Labute approximate surface area is 134 Å². The highest BCUT2D eigenvalue weighted by Gasteiger charge is 2.29. The van der Waals surface area contributed by atoms with Crippen LogP contribution < -0.4 is 4.72 Å². The predicted octanol–water partition coefficient (Wildman–Crippen LogP) is 4.28. The number of hydrogen-bond donors (Lipinski definition) is 1. The molecule has 22 heavy (non-hydrogen) atoms. The van der Waals surface area contributed by atoms with E-state index >= 15 is 0 Å². The van der Waals surface area contributed by atoms with Gasteiger partial charge in [0.2, 0.25) is 10.0 Å². The van der Waals surface area contributed by atoms with E-state index in [9.17, 15) is 8.42 Å². The molecule has 1 aromatic heterocycles. The zero-order valence-corrected chi connectivity index (χ0v) is 13.3. The first-order valence-corrected chi connectivity index (χ1v) is 9.24. The van der Waals surface area contributed by atoms with E-state index in [1.54, 1.807) is 6.07 Å². The Morgan fingerprint density at radius 3 is 1.77 bits per heavy atom. The molecule has 0 aliphatic carbocycles. The fourth-order valence-corrected chi connectivity index (χ4v) is 4.84. The summed E-state index contributed by atoms with van der Waals surface area (Å²) in [4.78, 5) is 0. The molecule has 0 saturated heterocycles. The van der Waals surface area contributed by atoms with Crippen molar-refractivity contribution in [1.82, 2.24) is 0 Å². The summed E-state index contributed by atoms with van der Waals surface area (Å²) in [5.41, 5.74) is 1.50. The van der Waals surface area contributed by atoms with E-state index in [1.165, 1.54) is 11.3 Å². The molecule has 0 amide bonds. The number of benzene rings is 2. The topological polar surface area (TPSA) is 46.2 Å². The monoisotopic (exact) mass is 329 g/mol. The van der Waals surface area contributed by atoms with Gasteiger partial charge >= 0.3 is 0 Å². The first-order valence-electron chi connectivity index (χ1n) is 6.82.